The van der Waals surface area contributed by atoms with E-state index < -0.39 is 17.8 Å². The molecule has 0 radical (unpaired) electrons. The molecule has 0 aromatic heterocycles. The average Bonchev–Trinajstić information content (AvgIpc) is 2.22. The first-order chi connectivity index (χ1) is 7.31. The first-order valence-electron chi connectivity index (χ1n) is 5.84. The molecule has 0 aliphatic carbocycles. The van der Waals surface area contributed by atoms with Gasteiger partial charge in [-0.1, -0.05) is 34.6 Å². The molecule has 3 unspecified atom stereocenters. The van der Waals surface area contributed by atoms with E-state index in [2.05, 4.69) is 5.32 Å². The molecular formula is C12H23NO3. The topological polar surface area (TPSA) is 66.4 Å². The minimum absolute atomic E-state index is 0.121. The summed E-state index contributed by atoms with van der Waals surface area (Å²) in [5.74, 6) is -1.88. The number of amides is 1. The monoisotopic (exact) mass is 229 g/mol. The predicted molar refractivity (Wildman–Crippen MR) is 63.0 cm³/mol. The number of hydrogen-bond acceptors (Lipinski definition) is 2. The minimum Gasteiger partial charge on any atom is -0.481 e. The van der Waals surface area contributed by atoms with Crippen molar-refractivity contribution in [2.24, 2.45) is 17.8 Å². The normalized spacial score (nSPS) is 16.6. The zero-order valence-corrected chi connectivity index (χ0v) is 10.8. The second kappa shape index (κ2) is 6.51. The van der Waals surface area contributed by atoms with Crippen LogP contribution in [0.3, 0.4) is 0 Å². The maximum Gasteiger partial charge on any atom is 0.307 e. The molecule has 4 heteroatoms. The van der Waals surface area contributed by atoms with Crippen LogP contribution in [0.25, 0.3) is 0 Å². The van der Waals surface area contributed by atoms with Crippen LogP contribution in [-0.4, -0.2) is 23.0 Å². The van der Waals surface area contributed by atoms with Gasteiger partial charge in [-0.15, -0.1) is 0 Å². The smallest absolute Gasteiger partial charge is 0.307 e. The van der Waals surface area contributed by atoms with Crippen LogP contribution in [0.1, 0.15) is 41.0 Å². The van der Waals surface area contributed by atoms with E-state index in [4.69, 9.17) is 5.11 Å². The van der Waals surface area contributed by atoms with E-state index in [-0.39, 0.29) is 11.9 Å². The van der Waals surface area contributed by atoms with Crippen molar-refractivity contribution in [3.63, 3.8) is 0 Å². The van der Waals surface area contributed by atoms with E-state index in [0.717, 1.165) is 6.42 Å². The van der Waals surface area contributed by atoms with Crippen LogP contribution >= 0.6 is 0 Å². The number of hydrogen-bond donors (Lipinski definition) is 2. The van der Waals surface area contributed by atoms with Crippen LogP contribution in [0.2, 0.25) is 0 Å². The van der Waals surface area contributed by atoms with Gasteiger partial charge in [0, 0.05) is 12.0 Å². The maximum atomic E-state index is 11.8. The van der Waals surface area contributed by atoms with Gasteiger partial charge in [0.25, 0.3) is 0 Å². The third-order valence-electron chi connectivity index (χ3n) is 3.13. The fraction of sp³-hybridized carbons (Fsp3) is 0.833. The number of carbonyl (C=O) groups is 2. The molecule has 1 amide bonds. The molecule has 0 spiro atoms. The van der Waals surface area contributed by atoms with Gasteiger partial charge in [0.15, 0.2) is 0 Å². The Bertz CT molecular complexity index is 251. The highest BCUT2D eigenvalue weighted by Gasteiger charge is 2.27. The van der Waals surface area contributed by atoms with Gasteiger partial charge in [0.1, 0.15) is 0 Å². The molecule has 2 N–H and O–H groups in total. The molecule has 0 rings (SSSR count). The van der Waals surface area contributed by atoms with Crippen LogP contribution in [0.15, 0.2) is 0 Å². The van der Waals surface area contributed by atoms with E-state index in [1.54, 1.807) is 13.8 Å². The van der Waals surface area contributed by atoms with Crippen molar-refractivity contribution in [1.29, 1.82) is 0 Å². The van der Waals surface area contributed by atoms with Gasteiger partial charge in [-0.05, 0) is 12.3 Å². The second-order valence-electron chi connectivity index (χ2n) is 4.68. The van der Waals surface area contributed by atoms with Crippen LogP contribution in [0, 0.1) is 17.8 Å². The second-order valence-corrected chi connectivity index (χ2v) is 4.68. The Hall–Kier alpha value is -1.06. The summed E-state index contributed by atoms with van der Waals surface area (Å²) in [5.41, 5.74) is 0. The van der Waals surface area contributed by atoms with Crippen LogP contribution in [-0.2, 0) is 9.59 Å². The van der Waals surface area contributed by atoms with Gasteiger partial charge in [-0.3, -0.25) is 9.59 Å². The molecule has 3 atom stereocenters. The molecule has 94 valence electrons. The number of carboxylic acid groups (broad SMARTS) is 1. The van der Waals surface area contributed by atoms with Gasteiger partial charge in [-0.25, -0.2) is 0 Å². The lowest BCUT2D eigenvalue weighted by Gasteiger charge is -2.24. The Labute approximate surface area is 97.4 Å². The SMILES string of the molecule is CCC(NC(=O)C(C)C(C)C(=O)O)C(C)C. The molecule has 0 saturated carbocycles. The molecule has 4 nitrogen and oxygen atoms in total. The van der Waals surface area contributed by atoms with Gasteiger partial charge >= 0.3 is 5.97 Å². The van der Waals surface area contributed by atoms with Crippen molar-refractivity contribution in [2.75, 3.05) is 0 Å². The van der Waals surface area contributed by atoms with Crippen molar-refractivity contribution in [3.05, 3.63) is 0 Å². The molecule has 16 heavy (non-hydrogen) atoms. The van der Waals surface area contributed by atoms with Crippen molar-refractivity contribution in [2.45, 2.75) is 47.1 Å². The van der Waals surface area contributed by atoms with Gasteiger partial charge in [0.2, 0.25) is 5.91 Å². The lowest BCUT2D eigenvalue weighted by atomic mass is 9.93. The molecule has 0 heterocycles. The van der Waals surface area contributed by atoms with E-state index in [9.17, 15) is 9.59 Å². The van der Waals surface area contributed by atoms with Crippen LogP contribution in [0.5, 0.6) is 0 Å². The van der Waals surface area contributed by atoms with E-state index in [1.165, 1.54) is 0 Å². The standard InChI is InChI=1S/C12H23NO3/c1-6-10(7(2)3)13-11(14)8(4)9(5)12(15)16/h7-10H,6H2,1-5H3,(H,13,14)(H,15,16). The lowest BCUT2D eigenvalue weighted by molar-refractivity contribution is -0.146. The van der Waals surface area contributed by atoms with Crippen LogP contribution < -0.4 is 5.32 Å². The summed E-state index contributed by atoms with van der Waals surface area (Å²) < 4.78 is 0. The summed E-state index contributed by atoms with van der Waals surface area (Å²) in [6.07, 6.45) is 0.859. The highest BCUT2D eigenvalue weighted by atomic mass is 16.4. The summed E-state index contributed by atoms with van der Waals surface area (Å²) in [6, 6.07) is 0.121. The van der Waals surface area contributed by atoms with E-state index in [0.29, 0.717) is 5.92 Å². The zero-order valence-electron chi connectivity index (χ0n) is 10.8. The summed E-state index contributed by atoms with van der Waals surface area (Å²) >= 11 is 0. The van der Waals surface area contributed by atoms with Crippen molar-refractivity contribution < 1.29 is 14.7 Å². The highest BCUT2D eigenvalue weighted by Crippen LogP contribution is 2.13. The molecule has 0 fully saturated rings. The van der Waals surface area contributed by atoms with Gasteiger partial charge in [-0.2, -0.15) is 0 Å². The lowest BCUT2D eigenvalue weighted by Crippen LogP contribution is -2.43. The summed E-state index contributed by atoms with van der Waals surface area (Å²) in [6.45, 7) is 9.31. The predicted octanol–water partition coefficient (Wildman–Crippen LogP) is 1.89. The maximum absolute atomic E-state index is 11.8. The quantitative estimate of drug-likeness (QED) is 0.731. The Balaban J connectivity index is 4.40. The largest absolute Gasteiger partial charge is 0.481 e. The van der Waals surface area contributed by atoms with Crippen molar-refractivity contribution in [1.82, 2.24) is 5.32 Å². The van der Waals surface area contributed by atoms with E-state index >= 15 is 0 Å². The van der Waals surface area contributed by atoms with Crippen LogP contribution in [0.4, 0.5) is 0 Å². The number of aliphatic carboxylic acids is 1. The fourth-order valence-electron chi connectivity index (χ4n) is 1.50. The van der Waals surface area contributed by atoms with Crippen molar-refractivity contribution >= 4 is 11.9 Å². The Morgan fingerprint density at radius 1 is 1.12 bits per heavy atom. The number of carbonyl (C=O) groups excluding carboxylic acids is 1. The molecular weight excluding hydrogens is 206 g/mol. The average molecular weight is 229 g/mol. The molecule has 0 aliphatic rings. The van der Waals surface area contributed by atoms with Gasteiger partial charge < -0.3 is 10.4 Å². The number of nitrogens with one attached hydrogen (secondary N) is 1. The van der Waals surface area contributed by atoms with Gasteiger partial charge in [0.05, 0.1) is 5.92 Å². The molecule has 0 saturated heterocycles. The third kappa shape index (κ3) is 4.21. The molecule has 0 aromatic carbocycles. The Morgan fingerprint density at radius 2 is 1.62 bits per heavy atom. The highest BCUT2D eigenvalue weighted by molar-refractivity contribution is 5.84. The molecule has 0 aliphatic heterocycles. The Kier molecular flexibility index (Phi) is 6.08. The molecule has 0 aromatic rings. The first-order valence-corrected chi connectivity index (χ1v) is 5.84. The summed E-state index contributed by atoms with van der Waals surface area (Å²) in [5, 5.41) is 11.7. The number of rotatable bonds is 6. The third-order valence-corrected chi connectivity index (χ3v) is 3.13. The summed E-state index contributed by atoms with van der Waals surface area (Å²) in [7, 11) is 0. The zero-order chi connectivity index (χ0) is 12.9. The number of carboxylic acids is 1. The van der Waals surface area contributed by atoms with E-state index in [1.807, 2.05) is 20.8 Å². The van der Waals surface area contributed by atoms with Crippen molar-refractivity contribution in [3.8, 4) is 0 Å². The molecule has 0 bridgehead atoms. The summed E-state index contributed by atoms with van der Waals surface area (Å²) in [4.78, 5) is 22.5. The first kappa shape index (κ1) is 14.9. The fourth-order valence-corrected chi connectivity index (χ4v) is 1.50. The Morgan fingerprint density at radius 3 is 1.94 bits per heavy atom. The minimum atomic E-state index is -0.930.